The number of aliphatic hydroxyl groups is 1. The van der Waals surface area contributed by atoms with Gasteiger partial charge in [-0.1, -0.05) is 36.4 Å². The molecule has 1 aliphatic rings. The van der Waals surface area contributed by atoms with E-state index in [1.165, 1.54) is 6.20 Å². The van der Waals surface area contributed by atoms with Crippen LogP contribution >= 0.6 is 0 Å². The summed E-state index contributed by atoms with van der Waals surface area (Å²) in [6, 6.07) is 19.8. The largest absolute Gasteiger partial charge is 0.457 e. The van der Waals surface area contributed by atoms with Crippen LogP contribution in [0.1, 0.15) is 36.8 Å². The second-order valence-corrected chi connectivity index (χ2v) is 7.59. The molecule has 7 nitrogen and oxygen atoms in total. The van der Waals surface area contributed by atoms with Crippen LogP contribution < -0.4 is 15.4 Å². The summed E-state index contributed by atoms with van der Waals surface area (Å²) in [6.45, 7) is 0.476. The van der Waals surface area contributed by atoms with Crippen molar-refractivity contribution in [3.05, 3.63) is 71.9 Å². The number of hydrogen-bond acceptors (Lipinski definition) is 7. The molecular weight excluding hydrogens is 390 g/mol. The highest BCUT2D eigenvalue weighted by Gasteiger charge is 2.21. The fourth-order valence-corrected chi connectivity index (χ4v) is 3.61. The number of aliphatic hydroxyl groups excluding tert-OH is 1. The average molecular weight is 415 g/mol. The quantitative estimate of drug-likeness (QED) is 0.523. The van der Waals surface area contributed by atoms with Gasteiger partial charge in [-0.05, 0) is 43.9 Å². The number of nitriles is 1. The lowest BCUT2D eigenvalue weighted by atomic mass is 9.93. The lowest BCUT2D eigenvalue weighted by molar-refractivity contribution is 0.126. The van der Waals surface area contributed by atoms with Gasteiger partial charge < -0.3 is 20.5 Å². The van der Waals surface area contributed by atoms with Gasteiger partial charge in [0.2, 0.25) is 5.95 Å². The standard InChI is InChI=1S/C24H25N5O2/c25-14-18-16-27-24(29-23(18)28-19-10-12-20(30)13-11-19)26-15-17-6-4-5-9-22(17)31-21-7-2-1-3-8-21/h1-9,16,19-20,30H,10-13,15H2,(H2,26,27,28,29)/t19-,20+. The third-order valence-corrected chi connectivity index (χ3v) is 5.33. The Morgan fingerprint density at radius 3 is 2.55 bits per heavy atom. The van der Waals surface area contributed by atoms with Crippen molar-refractivity contribution in [2.24, 2.45) is 0 Å². The molecule has 1 fully saturated rings. The number of ether oxygens (including phenoxy) is 1. The molecule has 1 aliphatic carbocycles. The van der Waals surface area contributed by atoms with Gasteiger partial charge in [-0.25, -0.2) is 4.98 Å². The molecule has 158 valence electrons. The van der Waals surface area contributed by atoms with Crippen molar-refractivity contribution in [1.29, 1.82) is 5.26 Å². The number of benzene rings is 2. The van der Waals surface area contributed by atoms with Crippen LogP contribution in [0.4, 0.5) is 11.8 Å². The Kier molecular flexibility index (Phi) is 6.60. The molecular formula is C24H25N5O2. The highest BCUT2D eigenvalue weighted by atomic mass is 16.5. The van der Waals surface area contributed by atoms with Crippen molar-refractivity contribution < 1.29 is 9.84 Å². The minimum atomic E-state index is -0.228. The van der Waals surface area contributed by atoms with Crippen LogP contribution in [0.5, 0.6) is 11.5 Å². The predicted molar refractivity (Wildman–Crippen MR) is 119 cm³/mol. The Bertz CT molecular complexity index is 1040. The molecule has 0 bridgehead atoms. The van der Waals surface area contributed by atoms with Gasteiger partial charge in [-0.2, -0.15) is 10.2 Å². The van der Waals surface area contributed by atoms with E-state index in [-0.39, 0.29) is 12.1 Å². The van der Waals surface area contributed by atoms with E-state index in [2.05, 4.69) is 26.7 Å². The second-order valence-electron chi connectivity index (χ2n) is 7.59. The summed E-state index contributed by atoms with van der Waals surface area (Å²) in [5, 5.41) is 25.7. The van der Waals surface area contributed by atoms with Crippen LogP contribution in [0.15, 0.2) is 60.8 Å². The summed E-state index contributed by atoms with van der Waals surface area (Å²) < 4.78 is 6.01. The van der Waals surface area contributed by atoms with Crippen molar-refractivity contribution in [1.82, 2.24) is 9.97 Å². The third kappa shape index (κ3) is 5.50. The molecule has 1 heterocycles. The van der Waals surface area contributed by atoms with E-state index in [1.807, 2.05) is 54.6 Å². The van der Waals surface area contributed by atoms with E-state index in [9.17, 15) is 10.4 Å². The highest BCUT2D eigenvalue weighted by Crippen LogP contribution is 2.26. The SMILES string of the molecule is N#Cc1cnc(NCc2ccccc2Oc2ccccc2)nc1N[C@H]1CC[C@@H](O)CC1. The predicted octanol–water partition coefficient (Wildman–Crippen LogP) is 4.47. The van der Waals surface area contributed by atoms with Gasteiger partial charge in [0, 0.05) is 18.2 Å². The fourth-order valence-electron chi connectivity index (χ4n) is 3.61. The second kappa shape index (κ2) is 9.92. The molecule has 31 heavy (non-hydrogen) atoms. The van der Waals surface area contributed by atoms with Crippen molar-refractivity contribution in [2.75, 3.05) is 10.6 Å². The maximum Gasteiger partial charge on any atom is 0.224 e. The number of nitrogens with one attached hydrogen (secondary N) is 2. The Morgan fingerprint density at radius 1 is 1.03 bits per heavy atom. The molecule has 0 atom stereocenters. The number of para-hydroxylation sites is 2. The van der Waals surface area contributed by atoms with Gasteiger partial charge in [-0.15, -0.1) is 0 Å². The monoisotopic (exact) mass is 415 g/mol. The molecule has 1 aromatic heterocycles. The van der Waals surface area contributed by atoms with Gasteiger partial charge >= 0.3 is 0 Å². The lowest BCUT2D eigenvalue weighted by Crippen LogP contribution is -2.29. The molecule has 3 N–H and O–H groups in total. The molecule has 4 rings (SSSR count). The zero-order valence-corrected chi connectivity index (χ0v) is 17.2. The van der Waals surface area contributed by atoms with Crippen molar-refractivity contribution in [2.45, 2.75) is 44.4 Å². The molecule has 2 aromatic carbocycles. The van der Waals surface area contributed by atoms with Crippen molar-refractivity contribution in [3.63, 3.8) is 0 Å². The first-order valence-corrected chi connectivity index (χ1v) is 10.5. The number of hydrogen-bond donors (Lipinski definition) is 3. The first kappa shape index (κ1) is 20.6. The number of aromatic nitrogens is 2. The van der Waals surface area contributed by atoms with Gasteiger partial charge in [-0.3, -0.25) is 0 Å². The van der Waals surface area contributed by atoms with Crippen LogP contribution in [0.2, 0.25) is 0 Å². The molecule has 3 aromatic rings. The zero-order chi connectivity index (χ0) is 21.5. The summed E-state index contributed by atoms with van der Waals surface area (Å²) in [4.78, 5) is 8.80. The third-order valence-electron chi connectivity index (χ3n) is 5.33. The smallest absolute Gasteiger partial charge is 0.224 e. The molecule has 0 aliphatic heterocycles. The summed E-state index contributed by atoms with van der Waals surface area (Å²) in [6.07, 6.45) is 4.52. The summed E-state index contributed by atoms with van der Waals surface area (Å²) in [5.74, 6) is 2.49. The molecule has 0 saturated heterocycles. The van der Waals surface area contributed by atoms with Crippen LogP contribution in [0.25, 0.3) is 0 Å². The fraction of sp³-hybridized carbons (Fsp3) is 0.292. The number of rotatable bonds is 7. The molecule has 0 unspecified atom stereocenters. The highest BCUT2D eigenvalue weighted by molar-refractivity contribution is 5.54. The van der Waals surface area contributed by atoms with Gasteiger partial charge in [0.25, 0.3) is 0 Å². The molecule has 0 spiro atoms. The summed E-state index contributed by atoms with van der Waals surface area (Å²) >= 11 is 0. The van der Waals surface area contributed by atoms with Gasteiger partial charge in [0.05, 0.1) is 12.3 Å². The molecule has 0 amide bonds. The van der Waals surface area contributed by atoms with E-state index in [0.717, 1.165) is 42.7 Å². The Hall–Kier alpha value is -3.63. The topological polar surface area (TPSA) is 103 Å². The Morgan fingerprint density at radius 2 is 1.77 bits per heavy atom. The van der Waals surface area contributed by atoms with Crippen LogP contribution in [-0.2, 0) is 6.54 Å². The van der Waals surface area contributed by atoms with Crippen molar-refractivity contribution in [3.8, 4) is 17.6 Å². The van der Waals surface area contributed by atoms with Crippen LogP contribution in [-0.4, -0.2) is 27.2 Å². The van der Waals surface area contributed by atoms with E-state index in [4.69, 9.17) is 4.74 Å². The number of anilines is 2. The summed E-state index contributed by atoms with van der Waals surface area (Å²) in [5.41, 5.74) is 1.37. The van der Waals surface area contributed by atoms with Crippen LogP contribution in [0.3, 0.4) is 0 Å². The van der Waals surface area contributed by atoms with Crippen LogP contribution in [0, 0.1) is 11.3 Å². The first-order valence-electron chi connectivity index (χ1n) is 10.5. The first-order chi connectivity index (χ1) is 15.2. The lowest BCUT2D eigenvalue weighted by Gasteiger charge is -2.26. The summed E-state index contributed by atoms with van der Waals surface area (Å²) in [7, 11) is 0. The minimum Gasteiger partial charge on any atom is -0.457 e. The van der Waals surface area contributed by atoms with Gasteiger partial charge in [0.15, 0.2) is 0 Å². The maximum absolute atomic E-state index is 9.71. The van der Waals surface area contributed by atoms with Crippen molar-refractivity contribution >= 4 is 11.8 Å². The van der Waals surface area contributed by atoms with E-state index in [0.29, 0.717) is 23.9 Å². The van der Waals surface area contributed by atoms with E-state index < -0.39 is 0 Å². The molecule has 1 saturated carbocycles. The normalized spacial score (nSPS) is 18.1. The van der Waals surface area contributed by atoms with E-state index >= 15 is 0 Å². The van der Waals surface area contributed by atoms with E-state index in [1.54, 1.807) is 0 Å². The zero-order valence-electron chi connectivity index (χ0n) is 17.2. The Balaban J connectivity index is 1.45. The molecule has 7 heteroatoms. The molecule has 0 radical (unpaired) electrons. The average Bonchev–Trinajstić information content (AvgIpc) is 2.81. The maximum atomic E-state index is 9.71. The Labute approximate surface area is 181 Å². The minimum absolute atomic E-state index is 0.193. The van der Waals surface area contributed by atoms with Gasteiger partial charge in [0.1, 0.15) is 28.9 Å². The number of nitrogens with zero attached hydrogens (tertiary/aromatic N) is 3.